The van der Waals surface area contributed by atoms with E-state index in [0.29, 0.717) is 0 Å². The minimum absolute atomic E-state index is 0.0481. The van der Waals surface area contributed by atoms with E-state index >= 15 is 0 Å². The number of hydrogen-bond donors (Lipinski definition) is 3. The van der Waals surface area contributed by atoms with Gasteiger partial charge in [-0.25, -0.2) is 0 Å². The first kappa shape index (κ1) is 19.6. The molecule has 1 aromatic carbocycles. The van der Waals surface area contributed by atoms with Gasteiger partial charge in [-0.2, -0.15) is 0 Å². The molecule has 0 aromatic heterocycles. The van der Waals surface area contributed by atoms with Crippen LogP contribution in [0.15, 0.2) is 18.2 Å². The van der Waals surface area contributed by atoms with Crippen molar-refractivity contribution in [1.82, 2.24) is 10.2 Å². The largest absolute Gasteiger partial charge is 0.344 e. The highest BCUT2D eigenvalue weighted by molar-refractivity contribution is 5.95. The second-order valence-electron chi connectivity index (χ2n) is 6.19. The molecule has 132 valence electrons. The van der Waals surface area contributed by atoms with Gasteiger partial charge in [0.1, 0.15) is 0 Å². The van der Waals surface area contributed by atoms with Crippen LogP contribution in [-0.2, 0) is 14.4 Å². The number of benzene rings is 1. The van der Waals surface area contributed by atoms with Crippen molar-refractivity contribution in [3.8, 4) is 0 Å². The first-order chi connectivity index (χ1) is 11.2. The molecule has 1 atom stereocenters. The Labute approximate surface area is 143 Å². The highest BCUT2D eigenvalue weighted by Crippen LogP contribution is 2.18. The zero-order chi connectivity index (χ0) is 18.3. The molecule has 7 heteroatoms. The Morgan fingerprint density at radius 1 is 1.04 bits per heavy atom. The van der Waals surface area contributed by atoms with Gasteiger partial charge in [0.2, 0.25) is 5.91 Å². The molecule has 7 nitrogen and oxygen atoms in total. The topological polar surface area (TPSA) is 83.0 Å². The number of quaternary nitrogens is 1. The van der Waals surface area contributed by atoms with Gasteiger partial charge < -0.3 is 20.4 Å². The first-order valence-corrected chi connectivity index (χ1v) is 7.85. The molecule has 1 aromatic rings. The Kier molecular flexibility index (Phi) is 7.38. The zero-order valence-electron chi connectivity index (χ0n) is 15.0. The van der Waals surface area contributed by atoms with E-state index in [1.54, 1.807) is 21.1 Å². The molecule has 0 heterocycles. The van der Waals surface area contributed by atoms with Crippen molar-refractivity contribution in [2.75, 3.05) is 46.1 Å². The second-order valence-corrected chi connectivity index (χ2v) is 6.19. The molecule has 0 aliphatic heterocycles. The summed E-state index contributed by atoms with van der Waals surface area (Å²) in [6.07, 6.45) is 0. The van der Waals surface area contributed by atoms with Crippen molar-refractivity contribution in [3.05, 3.63) is 29.3 Å². The minimum atomic E-state index is -0.275. The lowest BCUT2D eigenvalue weighted by molar-refractivity contribution is -0.862. The number of hydrogen-bond acceptors (Lipinski definition) is 3. The predicted octanol–water partition coefficient (Wildman–Crippen LogP) is -1.04. The summed E-state index contributed by atoms with van der Waals surface area (Å²) in [6.45, 7) is 4.11. The van der Waals surface area contributed by atoms with Crippen LogP contribution in [-0.4, -0.2) is 63.4 Å². The monoisotopic (exact) mass is 335 g/mol. The number of aryl methyl sites for hydroxylation is 2. The molecule has 0 fully saturated rings. The molecule has 1 rings (SSSR count). The molecule has 0 bridgehead atoms. The van der Waals surface area contributed by atoms with Crippen molar-refractivity contribution < 1.29 is 19.3 Å². The van der Waals surface area contributed by atoms with Crippen LogP contribution < -0.4 is 15.5 Å². The SMILES string of the molecule is Cc1cccc(C)c1NC(=O)CNC(=O)C[NH+](C)CC(=O)N(C)C. The van der Waals surface area contributed by atoms with Gasteiger partial charge >= 0.3 is 0 Å². The van der Waals surface area contributed by atoms with Crippen LogP contribution in [0.4, 0.5) is 5.69 Å². The summed E-state index contributed by atoms with van der Waals surface area (Å²) in [4.78, 5) is 37.7. The number of nitrogens with zero attached hydrogens (tertiary/aromatic N) is 1. The first-order valence-electron chi connectivity index (χ1n) is 7.85. The lowest BCUT2D eigenvalue weighted by Crippen LogP contribution is -3.11. The number of amides is 3. The van der Waals surface area contributed by atoms with Gasteiger partial charge in [0.05, 0.1) is 13.6 Å². The summed E-state index contributed by atoms with van der Waals surface area (Å²) < 4.78 is 0. The van der Waals surface area contributed by atoms with Crippen LogP contribution >= 0.6 is 0 Å². The van der Waals surface area contributed by atoms with E-state index < -0.39 is 0 Å². The van der Waals surface area contributed by atoms with E-state index in [-0.39, 0.29) is 37.4 Å². The minimum Gasteiger partial charge on any atom is -0.344 e. The normalized spacial score (nSPS) is 11.5. The maximum Gasteiger partial charge on any atom is 0.277 e. The van der Waals surface area contributed by atoms with Gasteiger partial charge in [0.25, 0.3) is 11.8 Å². The molecule has 0 radical (unpaired) electrons. The number of nitrogens with one attached hydrogen (secondary N) is 3. The van der Waals surface area contributed by atoms with Crippen LogP contribution in [0.3, 0.4) is 0 Å². The lowest BCUT2D eigenvalue weighted by atomic mass is 10.1. The Morgan fingerprint density at radius 3 is 2.17 bits per heavy atom. The predicted molar refractivity (Wildman–Crippen MR) is 92.9 cm³/mol. The van der Waals surface area contributed by atoms with Gasteiger partial charge in [-0.15, -0.1) is 0 Å². The molecular weight excluding hydrogens is 308 g/mol. The van der Waals surface area contributed by atoms with Crippen LogP contribution in [0, 0.1) is 13.8 Å². The van der Waals surface area contributed by atoms with E-state index in [9.17, 15) is 14.4 Å². The summed E-state index contributed by atoms with van der Waals surface area (Å²) in [5.41, 5.74) is 2.72. The standard InChI is InChI=1S/C17H26N4O3/c1-12-7-6-8-13(2)17(12)19-14(22)9-18-15(23)10-21(5)11-16(24)20(3)4/h6-8H,9-11H2,1-5H3,(H,18,23)(H,19,22)/p+1. The highest BCUT2D eigenvalue weighted by Gasteiger charge is 2.16. The van der Waals surface area contributed by atoms with E-state index in [4.69, 9.17) is 0 Å². The van der Waals surface area contributed by atoms with Crippen molar-refractivity contribution in [3.63, 3.8) is 0 Å². The van der Waals surface area contributed by atoms with Crippen LogP contribution in [0.5, 0.6) is 0 Å². The third-order valence-corrected chi connectivity index (χ3v) is 3.61. The van der Waals surface area contributed by atoms with Gasteiger partial charge in [0.15, 0.2) is 13.1 Å². The highest BCUT2D eigenvalue weighted by atomic mass is 16.2. The summed E-state index contributed by atoms with van der Waals surface area (Å²) in [7, 11) is 5.11. The van der Waals surface area contributed by atoms with E-state index in [1.807, 2.05) is 32.0 Å². The Bertz CT molecular complexity index is 594. The lowest BCUT2D eigenvalue weighted by Gasteiger charge is -2.16. The molecule has 0 aliphatic carbocycles. The molecule has 24 heavy (non-hydrogen) atoms. The average Bonchev–Trinajstić information content (AvgIpc) is 2.48. The van der Waals surface area contributed by atoms with Gasteiger partial charge in [-0.3, -0.25) is 14.4 Å². The van der Waals surface area contributed by atoms with Gasteiger partial charge in [-0.1, -0.05) is 18.2 Å². The number of para-hydroxylation sites is 1. The molecule has 3 amide bonds. The number of carbonyl (C=O) groups is 3. The van der Waals surface area contributed by atoms with Gasteiger partial charge in [0, 0.05) is 19.8 Å². The second kappa shape index (κ2) is 9.02. The smallest absolute Gasteiger partial charge is 0.277 e. The van der Waals surface area contributed by atoms with E-state index in [0.717, 1.165) is 21.7 Å². The van der Waals surface area contributed by atoms with Crippen molar-refractivity contribution in [2.45, 2.75) is 13.8 Å². The summed E-state index contributed by atoms with van der Waals surface area (Å²) in [5, 5.41) is 5.39. The van der Waals surface area contributed by atoms with Gasteiger partial charge in [-0.05, 0) is 25.0 Å². The fourth-order valence-electron chi connectivity index (χ4n) is 2.19. The quantitative estimate of drug-likeness (QED) is 0.595. The van der Waals surface area contributed by atoms with Crippen LogP contribution in [0.25, 0.3) is 0 Å². The molecule has 1 unspecified atom stereocenters. The number of carbonyl (C=O) groups excluding carboxylic acids is 3. The molecule has 0 aliphatic rings. The Morgan fingerprint density at radius 2 is 1.62 bits per heavy atom. The van der Waals surface area contributed by atoms with Crippen molar-refractivity contribution in [1.29, 1.82) is 0 Å². The van der Waals surface area contributed by atoms with E-state index in [2.05, 4.69) is 10.6 Å². The summed E-state index contributed by atoms with van der Waals surface area (Å²) >= 11 is 0. The third kappa shape index (κ3) is 6.37. The number of anilines is 1. The van der Waals surface area contributed by atoms with E-state index in [1.165, 1.54) is 4.90 Å². The summed E-state index contributed by atoms with van der Waals surface area (Å²) in [5.74, 6) is -0.591. The van der Waals surface area contributed by atoms with Crippen molar-refractivity contribution >= 4 is 23.4 Å². The Hall–Kier alpha value is -2.41. The summed E-state index contributed by atoms with van der Waals surface area (Å²) in [6, 6.07) is 5.76. The number of rotatable bonds is 7. The average molecular weight is 335 g/mol. The molecular formula is C17H27N4O3+. The third-order valence-electron chi connectivity index (χ3n) is 3.61. The maximum atomic E-state index is 12.0. The molecule has 0 saturated carbocycles. The fourth-order valence-corrected chi connectivity index (χ4v) is 2.19. The van der Waals surface area contributed by atoms with Crippen LogP contribution in [0.2, 0.25) is 0 Å². The van der Waals surface area contributed by atoms with Crippen LogP contribution in [0.1, 0.15) is 11.1 Å². The molecule has 0 spiro atoms. The fraction of sp³-hybridized carbons (Fsp3) is 0.471. The number of likely N-dealkylation sites (N-methyl/N-ethyl adjacent to an activating group) is 2. The maximum absolute atomic E-state index is 12.0. The zero-order valence-corrected chi connectivity index (χ0v) is 15.0. The molecule has 3 N–H and O–H groups in total. The van der Waals surface area contributed by atoms with Crippen molar-refractivity contribution in [2.24, 2.45) is 0 Å². The Balaban J connectivity index is 2.41. The molecule has 0 saturated heterocycles.